The highest BCUT2D eigenvalue weighted by Gasteiger charge is 2.31. The van der Waals surface area contributed by atoms with E-state index in [2.05, 4.69) is 34.5 Å². The Hall–Kier alpha value is -3.85. The van der Waals surface area contributed by atoms with Gasteiger partial charge in [0.2, 0.25) is 6.79 Å². The minimum Gasteiger partial charge on any atom is -0.493 e. The van der Waals surface area contributed by atoms with Gasteiger partial charge in [0, 0.05) is 31.6 Å². The van der Waals surface area contributed by atoms with Crippen molar-refractivity contribution in [3.8, 4) is 17.2 Å². The number of piperidine rings is 1. The Morgan fingerprint density at radius 3 is 2.68 bits per heavy atom. The fraction of sp³-hybridized carbons (Fsp3) is 0.436. The molecule has 0 saturated carbocycles. The number of hydrogen-bond donors (Lipinski definition) is 1. The van der Waals surface area contributed by atoms with E-state index in [1.54, 1.807) is 12.1 Å². The first-order chi connectivity index (χ1) is 23.1. The van der Waals surface area contributed by atoms with E-state index in [1.807, 2.05) is 68.6 Å². The molecule has 2 unspecified atom stereocenters. The van der Waals surface area contributed by atoms with Gasteiger partial charge in [-0.3, -0.25) is 0 Å². The standard InChI is InChI=1S/C39H49FN2O5/c1-3-34(47-37(19-21-41-2)31-10-5-4-6-11-31)12-9-25-43-24-8-7-22-42-23-20-36(30-13-15-33(40)16-14-30)32(27-42)28-44-35-17-18-38-39(26-35)46-29-45-38/h3-6,9-18,26,32,36-37,41H,7-8,19-25,27-29H2,1-2H3/b12-9-,34-3+/t32-,36?,37?/m0/s1. The summed E-state index contributed by atoms with van der Waals surface area (Å²) in [7, 11) is 1.96. The number of rotatable bonds is 18. The van der Waals surface area contributed by atoms with Gasteiger partial charge < -0.3 is 33.9 Å². The van der Waals surface area contributed by atoms with Crippen LogP contribution in [-0.2, 0) is 9.47 Å². The van der Waals surface area contributed by atoms with Crippen molar-refractivity contribution in [2.45, 2.75) is 44.6 Å². The number of unbranched alkanes of at least 4 members (excludes halogenated alkanes) is 1. The predicted molar refractivity (Wildman–Crippen MR) is 184 cm³/mol. The summed E-state index contributed by atoms with van der Waals surface area (Å²) in [5.74, 6) is 3.47. The SMILES string of the molecule is C/C=C(\C=C/COCCCCN1CCC(c2ccc(F)cc2)[C@H](COc2ccc3c(c2)OCO3)C1)OC(CCNC)c1ccccc1. The van der Waals surface area contributed by atoms with Crippen LogP contribution in [0.15, 0.2) is 96.8 Å². The van der Waals surface area contributed by atoms with Crippen LogP contribution in [0.4, 0.5) is 4.39 Å². The summed E-state index contributed by atoms with van der Waals surface area (Å²) in [5.41, 5.74) is 2.35. The third-order valence-electron chi connectivity index (χ3n) is 8.82. The van der Waals surface area contributed by atoms with Gasteiger partial charge >= 0.3 is 0 Å². The highest BCUT2D eigenvalue weighted by Crippen LogP contribution is 2.37. The summed E-state index contributed by atoms with van der Waals surface area (Å²) in [6.07, 6.45) is 9.99. The molecule has 252 valence electrons. The van der Waals surface area contributed by atoms with Gasteiger partial charge in [-0.05, 0) is 106 Å². The lowest BCUT2D eigenvalue weighted by Gasteiger charge is -2.39. The van der Waals surface area contributed by atoms with Crippen molar-refractivity contribution in [3.63, 3.8) is 0 Å². The molecule has 2 aliphatic rings. The van der Waals surface area contributed by atoms with E-state index >= 15 is 0 Å². The van der Waals surface area contributed by atoms with Gasteiger partial charge in [-0.1, -0.05) is 48.5 Å². The number of allylic oxidation sites excluding steroid dienone is 2. The number of halogens is 1. The van der Waals surface area contributed by atoms with Crippen LogP contribution in [0.5, 0.6) is 17.2 Å². The van der Waals surface area contributed by atoms with E-state index in [-0.39, 0.29) is 24.6 Å². The zero-order chi connectivity index (χ0) is 32.7. The van der Waals surface area contributed by atoms with Crippen molar-refractivity contribution in [2.75, 3.05) is 59.8 Å². The lowest BCUT2D eigenvalue weighted by atomic mass is 9.80. The van der Waals surface area contributed by atoms with Crippen molar-refractivity contribution in [1.82, 2.24) is 10.2 Å². The summed E-state index contributed by atoms with van der Waals surface area (Å²) < 4.78 is 43.2. The minimum absolute atomic E-state index is 0.00370. The first-order valence-electron chi connectivity index (χ1n) is 16.9. The smallest absolute Gasteiger partial charge is 0.231 e. The largest absolute Gasteiger partial charge is 0.493 e. The molecule has 1 fully saturated rings. The molecule has 0 radical (unpaired) electrons. The highest BCUT2D eigenvalue weighted by molar-refractivity contribution is 5.46. The average molecular weight is 645 g/mol. The van der Waals surface area contributed by atoms with Crippen LogP contribution in [-0.4, -0.2) is 64.7 Å². The van der Waals surface area contributed by atoms with Crippen molar-refractivity contribution in [1.29, 1.82) is 0 Å². The molecule has 7 nitrogen and oxygen atoms in total. The minimum atomic E-state index is -0.204. The molecule has 5 rings (SSSR count). The molecule has 0 bridgehead atoms. The Morgan fingerprint density at radius 2 is 1.87 bits per heavy atom. The lowest BCUT2D eigenvalue weighted by molar-refractivity contribution is 0.104. The normalized spacial score (nSPS) is 18.8. The number of ether oxygens (including phenoxy) is 5. The number of nitrogens with zero attached hydrogens (tertiary/aromatic N) is 1. The lowest BCUT2D eigenvalue weighted by Crippen LogP contribution is -2.42. The second kappa shape index (κ2) is 18.5. The van der Waals surface area contributed by atoms with E-state index in [4.69, 9.17) is 23.7 Å². The fourth-order valence-corrected chi connectivity index (χ4v) is 6.26. The van der Waals surface area contributed by atoms with Crippen molar-refractivity contribution >= 4 is 0 Å². The maximum absolute atomic E-state index is 13.7. The summed E-state index contributed by atoms with van der Waals surface area (Å²) in [6, 6.07) is 23.0. The Labute approximate surface area is 279 Å². The quantitative estimate of drug-likeness (QED) is 0.0867. The zero-order valence-electron chi connectivity index (χ0n) is 27.7. The maximum atomic E-state index is 13.7. The van der Waals surface area contributed by atoms with Crippen LogP contribution in [0, 0.1) is 11.7 Å². The van der Waals surface area contributed by atoms with Crippen molar-refractivity contribution < 1.29 is 28.1 Å². The molecule has 0 amide bonds. The fourth-order valence-electron chi connectivity index (χ4n) is 6.26. The second-order valence-electron chi connectivity index (χ2n) is 12.1. The molecule has 3 atom stereocenters. The van der Waals surface area contributed by atoms with Gasteiger partial charge in [0.05, 0.1) is 13.2 Å². The van der Waals surface area contributed by atoms with E-state index in [0.717, 1.165) is 69.1 Å². The number of likely N-dealkylation sites (tertiary alicyclic amines) is 1. The molecule has 8 heteroatoms. The van der Waals surface area contributed by atoms with E-state index in [9.17, 15) is 4.39 Å². The molecule has 1 N–H and O–H groups in total. The Bertz CT molecular complexity index is 1410. The van der Waals surface area contributed by atoms with Crippen LogP contribution in [0.25, 0.3) is 0 Å². The maximum Gasteiger partial charge on any atom is 0.231 e. The van der Waals surface area contributed by atoms with Gasteiger partial charge in [-0.2, -0.15) is 0 Å². The summed E-state index contributed by atoms with van der Waals surface area (Å²) in [4.78, 5) is 2.53. The molecule has 0 aromatic heterocycles. The predicted octanol–water partition coefficient (Wildman–Crippen LogP) is 7.66. The van der Waals surface area contributed by atoms with Crippen LogP contribution >= 0.6 is 0 Å². The number of nitrogens with one attached hydrogen (secondary N) is 1. The number of fused-ring (bicyclic) bond motifs is 1. The van der Waals surface area contributed by atoms with Gasteiger partial charge in [-0.25, -0.2) is 4.39 Å². The molecule has 47 heavy (non-hydrogen) atoms. The van der Waals surface area contributed by atoms with E-state index in [1.165, 1.54) is 11.1 Å². The summed E-state index contributed by atoms with van der Waals surface area (Å²) in [5, 5.41) is 3.22. The van der Waals surface area contributed by atoms with Gasteiger partial charge in [0.25, 0.3) is 0 Å². The second-order valence-corrected chi connectivity index (χ2v) is 12.1. The van der Waals surface area contributed by atoms with Gasteiger partial charge in [0.15, 0.2) is 11.5 Å². The van der Waals surface area contributed by atoms with Crippen molar-refractivity contribution in [2.24, 2.45) is 5.92 Å². The Morgan fingerprint density at radius 1 is 1.04 bits per heavy atom. The molecular formula is C39H49FN2O5. The number of benzene rings is 3. The summed E-state index contributed by atoms with van der Waals surface area (Å²) in [6.45, 7) is 7.92. The van der Waals surface area contributed by atoms with Crippen LogP contribution in [0.2, 0.25) is 0 Å². The molecule has 3 aromatic rings. The first-order valence-corrected chi connectivity index (χ1v) is 16.9. The molecule has 2 aliphatic heterocycles. The Kier molecular flexibility index (Phi) is 13.6. The van der Waals surface area contributed by atoms with E-state index < -0.39 is 0 Å². The van der Waals surface area contributed by atoms with Crippen LogP contribution in [0.1, 0.15) is 55.8 Å². The molecule has 3 aromatic carbocycles. The molecule has 1 saturated heterocycles. The van der Waals surface area contributed by atoms with E-state index in [0.29, 0.717) is 31.5 Å². The van der Waals surface area contributed by atoms with Crippen molar-refractivity contribution in [3.05, 3.63) is 114 Å². The zero-order valence-corrected chi connectivity index (χ0v) is 27.7. The van der Waals surface area contributed by atoms with Crippen LogP contribution in [0.3, 0.4) is 0 Å². The highest BCUT2D eigenvalue weighted by atomic mass is 19.1. The number of hydrogen-bond acceptors (Lipinski definition) is 7. The molecule has 0 aliphatic carbocycles. The van der Waals surface area contributed by atoms with Crippen LogP contribution < -0.4 is 19.5 Å². The van der Waals surface area contributed by atoms with Gasteiger partial charge in [-0.15, -0.1) is 0 Å². The van der Waals surface area contributed by atoms with Gasteiger partial charge in [0.1, 0.15) is 23.4 Å². The summed E-state index contributed by atoms with van der Waals surface area (Å²) >= 11 is 0. The molecule has 2 heterocycles. The first kappa shape index (κ1) is 34.5. The average Bonchev–Trinajstić information content (AvgIpc) is 3.58. The monoisotopic (exact) mass is 644 g/mol. The third kappa shape index (κ3) is 10.6. The molecular weight excluding hydrogens is 595 g/mol. The topological polar surface area (TPSA) is 61.4 Å². The third-order valence-corrected chi connectivity index (χ3v) is 8.82. The molecule has 0 spiro atoms. The Balaban J connectivity index is 1.04.